The molecule has 2 amide bonds. The summed E-state index contributed by atoms with van der Waals surface area (Å²) >= 11 is 0. The minimum Gasteiger partial charge on any atom is -0.268 e. The van der Waals surface area contributed by atoms with Crippen LogP contribution >= 0.6 is 0 Å². The van der Waals surface area contributed by atoms with E-state index in [-0.39, 0.29) is 16.8 Å². The molecule has 3 heterocycles. The minimum absolute atomic E-state index is 0.144. The molecule has 6 rings (SSSR count). The van der Waals surface area contributed by atoms with Crippen molar-refractivity contribution in [2.45, 2.75) is 6.18 Å². The lowest BCUT2D eigenvalue weighted by Crippen LogP contribution is -2.41. The molecule has 0 radical (unpaired) electrons. The second-order valence-electron chi connectivity index (χ2n) is 9.05. The second-order valence-corrected chi connectivity index (χ2v) is 9.05. The maximum Gasteiger partial charge on any atom is 0.416 e. The first-order chi connectivity index (χ1) is 19.3. The second kappa shape index (κ2) is 9.77. The zero-order valence-corrected chi connectivity index (χ0v) is 20.7. The van der Waals surface area contributed by atoms with Crippen molar-refractivity contribution in [3.63, 3.8) is 0 Å². The molecule has 3 aromatic carbocycles. The number of imide groups is 1. The Balaban J connectivity index is 1.54. The third-order valence-electron chi connectivity index (χ3n) is 6.51. The van der Waals surface area contributed by atoms with E-state index in [1.54, 1.807) is 59.7 Å². The number of carbonyl (C=O) groups is 2. The Kier molecular flexibility index (Phi) is 6.11. The molecule has 0 saturated carbocycles. The van der Waals surface area contributed by atoms with Crippen molar-refractivity contribution >= 4 is 29.2 Å². The maximum atomic E-state index is 13.9. The van der Waals surface area contributed by atoms with Gasteiger partial charge in [0.05, 0.1) is 16.9 Å². The summed E-state index contributed by atoms with van der Waals surface area (Å²) < 4.78 is 42.1. The molecule has 40 heavy (non-hydrogen) atoms. The summed E-state index contributed by atoms with van der Waals surface area (Å²) in [5.41, 5.74) is 2.18. The van der Waals surface area contributed by atoms with Crippen LogP contribution in [0, 0.1) is 0 Å². The molecule has 0 unspecified atom stereocenters. The van der Waals surface area contributed by atoms with Crippen LogP contribution in [-0.2, 0) is 11.0 Å². The van der Waals surface area contributed by atoms with Crippen LogP contribution in [0.5, 0.6) is 0 Å². The van der Waals surface area contributed by atoms with Gasteiger partial charge in [0.2, 0.25) is 0 Å². The van der Waals surface area contributed by atoms with Crippen LogP contribution in [-0.4, -0.2) is 26.6 Å². The molecule has 5 aromatic rings. The van der Waals surface area contributed by atoms with Gasteiger partial charge in [0.1, 0.15) is 5.69 Å². The highest BCUT2D eigenvalue weighted by molar-refractivity contribution is 6.43. The van der Waals surface area contributed by atoms with Crippen LogP contribution in [0.1, 0.15) is 27.0 Å². The molecule has 0 fully saturated rings. The molecule has 2 aromatic heterocycles. The van der Waals surface area contributed by atoms with E-state index in [1.807, 2.05) is 36.4 Å². The third kappa shape index (κ3) is 4.47. The lowest BCUT2D eigenvalue weighted by Gasteiger charge is -2.29. The van der Waals surface area contributed by atoms with Crippen LogP contribution < -0.4 is 4.90 Å². The molecule has 196 valence electrons. The molecule has 6 nitrogen and oxygen atoms in total. The van der Waals surface area contributed by atoms with Crippen LogP contribution in [0.4, 0.5) is 18.9 Å². The van der Waals surface area contributed by atoms with Gasteiger partial charge in [-0.2, -0.15) is 18.3 Å². The third-order valence-corrected chi connectivity index (χ3v) is 6.51. The molecule has 1 aliphatic heterocycles. The standard InChI is InChI=1S/C31H19F3N4O2/c32-31(33,34)22-9-6-12-24(17-22)38-29(39)26-14-5-4-13-25(26)27(30(38)40)16-21-19-37(23-10-2-1-3-11-23)36-28(21)20-8-7-15-35-18-20/h1-19H/b27-16+. The lowest BCUT2D eigenvalue weighted by molar-refractivity contribution is -0.137. The number of hydrogen-bond donors (Lipinski definition) is 0. The van der Waals surface area contributed by atoms with Gasteiger partial charge in [-0.25, -0.2) is 9.58 Å². The van der Waals surface area contributed by atoms with Crippen molar-refractivity contribution in [3.8, 4) is 16.9 Å². The number of benzene rings is 3. The highest BCUT2D eigenvalue weighted by Crippen LogP contribution is 2.37. The molecule has 0 saturated heterocycles. The van der Waals surface area contributed by atoms with Crippen LogP contribution in [0.3, 0.4) is 0 Å². The number of aromatic nitrogens is 3. The number of carbonyl (C=O) groups excluding carboxylic acids is 2. The Morgan fingerprint density at radius 2 is 1.48 bits per heavy atom. The highest BCUT2D eigenvalue weighted by atomic mass is 19.4. The number of amides is 2. The number of hydrogen-bond acceptors (Lipinski definition) is 4. The lowest BCUT2D eigenvalue weighted by atomic mass is 9.91. The van der Waals surface area contributed by atoms with Gasteiger partial charge in [-0.15, -0.1) is 0 Å². The first-order valence-electron chi connectivity index (χ1n) is 12.2. The summed E-state index contributed by atoms with van der Waals surface area (Å²) in [6.45, 7) is 0. The predicted octanol–water partition coefficient (Wildman–Crippen LogP) is 6.68. The Morgan fingerprint density at radius 3 is 2.20 bits per heavy atom. The van der Waals surface area contributed by atoms with Crippen molar-refractivity contribution in [3.05, 3.63) is 132 Å². The van der Waals surface area contributed by atoms with Gasteiger partial charge in [0, 0.05) is 40.9 Å². The molecular weight excluding hydrogens is 517 g/mol. The molecule has 0 N–H and O–H groups in total. The first kappa shape index (κ1) is 25.0. The quantitative estimate of drug-likeness (QED) is 0.190. The number of rotatable bonds is 4. The molecule has 0 bridgehead atoms. The number of pyridine rings is 1. The monoisotopic (exact) mass is 536 g/mol. The minimum atomic E-state index is -4.64. The maximum absolute atomic E-state index is 13.9. The normalized spacial score (nSPS) is 14.5. The number of nitrogens with zero attached hydrogens (tertiary/aromatic N) is 4. The first-order valence-corrected chi connectivity index (χ1v) is 12.2. The van der Waals surface area contributed by atoms with E-state index >= 15 is 0 Å². The van der Waals surface area contributed by atoms with Gasteiger partial charge in [-0.05, 0) is 60.2 Å². The SMILES string of the molecule is O=C1/C(=C/c2cn(-c3ccccc3)nc2-c2cccnc2)c2ccccc2C(=O)N1c1cccc(C(F)(F)F)c1. The van der Waals surface area contributed by atoms with Gasteiger partial charge in [0.25, 0.3) is 11.8 Å². The van der Waals surface area contributed by atoms with E-state index in [0.29, 0.717) is 22.4 Å². The zero-order chi connectivity index (χ0) is 27.9. The fraction of sp³-hybridized carbons (Fsp3) is 0.0323. The number of alkyl halides is 3. The van der Waals surface area contributed by atoms with E-state index in [1.165, 1.54) is 12.1 Å². The number of para-hydroxylation sites is 1. The van der Waals surface area contributed by atoms with Crippen molar-refractivity contribution in [1.29, 1.82) is 0 Å². The number of anilines is 1. The van der Waals surface area contributed by atoms with Gasteiger partial charge < -0.3 is 0 Å². The summed E-state index contributed by atoms with van der Waals surface area (Å²) in [5, 5.41) is 4.74. The molecule has 9 heteroatoms. The van der Waals surface area contributed by atoms with Crippen molar-refractivity contribution in [2.24, 2.45) is 0 Å². The number of fused-ring (bicyclic) bond motifs is 1. The Morgan fingerprint density at radius 1 is 0.750 bits per heavy atom. The number of halogens is 3. The van der Waals surface area contributed by atoms with Crippen molar-refractivity contribution in [2.75, 3.05) is 4.90 Å². The predicted molar refractivity (Wildman–Crippen MR) is 144 cm³/mol. The van der Waals surface area contributed by atoms with Crippen molar-refractivity contribution in [1.82, 2.24) is 14.8 Å². The molecule has 0 atom stereocenters. The van der Waals surface area contributed by atoms with E-state index in [4.69, 9.17) is 5.10 Å². The summed E-state index contributed by atoms with van der Waals surface area (Å²) in [6, 6.07) is 23.7. The molecule has 1 aliphatic rings. The Labute approximate surface area is 226 Å². The van der Waals surface area contributed by atoms with Crippen molar-refractivity contribution < 1.29 is 22.8 Å². The zero-order valence-electron chi connectivity index (χ0n) is 20.7. The highest BCUT2D eigenvalue weighted by Gasteiger charge is 2.38. The van der Waals surface area contributed by atoms with Gasteiger partial charge in [0.15, 0.2) is 0 Å². The Bertz CT molecular complexity index is 1780. The van der Waals surface area contributed by atoms with Crippen LogP contribution in [0.15, 0.2) is 110 Å². The average Bonchev–Trinajstić information content (AvgIpc) is 3.40. The van der Waals surface area contributed by atoms with Crippen LogP contribution in [0.25, 0.3) is 28.6 Å². The summed E-state index contributed by atoms with van der Waals surface area (Å²) in [5.74, 6) is -1.45. The molecule has 0 aliphatic carbocycles. The van der Waals surface area contributed by atoms with Gasteiger partial charge in [-0.1, -0.05) is 42.5 Å². The smallest absolute Gasteiger partial charge is 0.268 e. The van der Waals surface area contributed by atoms with Crippen LogP contribution in [0.2, 0.25) is 0 Å². The summed E-state index contributed by atoms with van der Waals surface area (Å²) in [6.07, 6.45) is 2.01. The summed E-state index contributed by atoms with van der Waals surface area (Å²) in [4.78, 5) is 32.3. The summed E-state index contributed by atoms with van der Waals surface area (Å²) in [7, 11) is 0. The molecular formula is C31H19F3N4O2. The van der Waals surface area contributed by atoms with Gasteiger partial charge in [-0.3, -0.25) is 14.6 Å². The van der Waals surface area contributed by atoms with E-state index in [9.17, 15) is 22.8 Å². The van der Waals surface area contributed by atoms with Gasteiger partial charge >= 0.3 is 6.18 Å². The molecule has 0 spiro atoms. The topological polar surface area (TPSA) is 68.1 Å². The Hall–Kier alpha value is -5.31. The van der Waals surface area contributed by atoms with E-state index < -0.39 is 23.6 Å². The fourth-order valence-corrected chi connectivity index (χ4v) is 4.64. The fourth-order valence-electron chi connectivity index (χ4n) is 4.64. The average molecular weight is 537 g/mol. The largest absolute Gasteiger partial charge is 0.416 e. The van der Waals surface area contributed by atoms with E-state index in [0.717, 1.165) is 22.7 Å². The van der Waals surface area contributed by atoms with E-state index in [2.05, 4.69) is 4.98 Å².